The van der Waals surface area contributed by atoms with Gasteiger partial charge in [0.05, 0.1) is 17.5 Å². The molecule has 0 radical (unpaired) electrons. The SMILES string of the molecule is CC(C)N[C@@H](CCC(=O)O)C(=O)N[C@H](C(=O)N[C@@H](CCCNC(N)=O)C(=O)Nc1ccc(COC(=O)C(C)C)c(C(F)(F)F)c1)C(C)C. The number of ether oxygens (including phenoxy) is 1. The number of benzene rings is 1. The highest BCUT2D eigenvalue weighted by Gasteiger charge is 2.35. The van der Waals surface area contributed by atoms with Gasteiger partial charge in [-0.2, -0.15) is 13.2 Å². The van der Waals surface area contributed by atoms with Crippen LogP contribution in [0, 0.1) is 11.8 Å². The van der Waals surface area contributed by atoms with Crippen molar-refractivity contribution in [3.05, 3.63) is 29.3 Å². The maximum atomic E-state index is 13.9. The molecule has 0 bridgehead atoms. The number of anilines is 1. The van der Waals surface area contributed by atoms with E-state index in [0.717, 1.165) is 6.07 Å². The lowest BCUT2D eigenvalue weighted by Gasteiger charge is -2.28. The van der Waals surface area contributed by atoms with E-state index >= 15 is 0 Å². The van der Waals surface area contributed by atoms with Crippen molar-refractivity contribution in [3.8, 4) is 0 Å². The first kappa shape index (κ1) is 41.6. The van der Waals surface area contributed by atoms with Crippen molar-refractivity contribution >= 4 is 41.4 Å². The molecular weight excluding hydrogens is 641 g/mol. The highest BCUT2D eigenvalue weighted by atomic mass is 19.4. The topological polar surface area (TPSA) is 218 Å². The number of alkyl halides is 3. The molecule has 0 spiro atoms. The van der Waals surface area contributed by atoms with E-state index in [-0.39, 0.29) is 49.5 Å². The average molecular weight is 689 g/mol. The van der Waals surface area contributed by atoms with Gasteiger partial charge in [-0.05, 0) is 37.3 Å². The van der Waals surface area contributed by atoms with Crippen LogP contribution in [0.5, 0.6) is 0 Å². The summed E-state index contributed by atoms with van der Waals surface area (Å²) in [4.78, 5) is 73.9. The summed E-state index contributed by atoms with van der Waals surface area (Å²) in [6.45, 7) is 9.24. The molecule has 5 amide bonds. The molecule has 0 aliphatic heterocycles. The second-order valence-electron chi connectivity index (χ2n) is 12.2. The van der Waals surface area contributed by atoms with Gasteiger partial charge < -0.3 is 42.2 Å². The summed E-state index contributed by atoms with van der Waals surface area (Å²) < 4.78 is 46.7. The lowest BCUT2D eigenvalue weighted by atomic mass is 10.0. The number of nitrogens with two attached hydrogens (primary N) is 1. The number of hydrogen-bond acceptors (Lipinski definition) is 8. The van der Waals surface area contributed by atoms with Crippen LogP contribution < -0.4 is 32.3 Å². The molecule has 17 heteroatoms. The molecule has 0 unspecified atom stereocenters. The van der Waals surface area contributed by atoms with E-state index in [1.807, 2.05) is 0 Å². The van der Waals surface area contributed by atoms with Crippen molar-refractivity contribution in [2.75, 3.05) is 11.9 Å². The van der Waals surface area contributed by atoms with Crippen molar-refractivity contribution in [2.24, 2.45) is 17.6 Å². The molecule has 0 aliphatic carbocycles. The van der Waals surface area contributed by atoms with Crippen LogP contribution in [0.2, 0.25) is 0 Å². The number of halogens is 3. The maximum Gasteiger partial charge on any atom is 0.416 e. The number of carbonyl (C=O) groups excluding carboxylic acids is 5. The van der Waals surface area contributed by atoms with Gasteiger partial charge in [0.1, 0.15) is 18.7 Å². The zero-order valence-electron chi connectivity index (χ0n) is 28.0. The van der Waals surface area contributed by atoms with E-state index in [1.54, 1.807) is 27.7 Å². The Bertz CT molecular complexity index is 1290. The number of aliphatic carboxylic acids is 1. The first-order valence-electron chi connectivity index (χ1n) is 15.5. The molecule has 0 saturated carbocycles. The Morgan fingerprint density at radius 3 is 2.06 bits per heavy atom. The van der Waals surface area contributed by atoms with E-state index in [9.17, 15) is 41.9 Å². The van der Waals surface area contributed by atoms with Gasteiger partial charge in [0.15, 0.2) is 0 Å². The number of esters is 1. The van der Waals surface area contributed by atoms with Gasteiger partial charge >= 0.3 is 24.1 Å². The lowest BCUT2D eigenvalue weighted by Crippen LogP contribution is -2.58. The fourth-order valence-corrected chi connectivity index (χ4v) is 4.39. The van der Waals surface area contributed by atoms with Gasteiger partial charge in [-0.25, -0.2) is 4.79 Å². The Kier molecular flexibility index (Phi) is 16.8. The van der Waals surface area contributed by atoms with E-state index in [1.165, 1.54) is 19.9 Å². The van der Waals surface area contributed by atoms with Crippen LogP contribution in [0.1, 0.15) is 78.4 Å². The first-order valence-corrected chi connectivity index (χ1v) is 15.5. The Hall–Kier alpha value is -4.41. The number of amides is 5. The highest BCUT2D eigenvalue weighted by Crippen LogP contribution is 2.34. The van der Waals surface area contributed by atoms with E-state index in [4.69, 9.17) is 15.6 Å². The minimum Gasteiger partial charge on any atom is -0.481 e. The van der Waals surface area contributed by atoms with Gasteiger partial charge in [-0.1, -0.05) is 47.6 Å². The molecule has 48 heavy (non-hydrogen) atoms. The van der Waals surface area contributed by atoms with Gasteiger partial charge in [-0.3, -0.25) is 24.0 Å². The van der Waals surface area contributed by atoms with Crippen LogP contribution in [-0.4, -0.2) is 71.5 Å². The number of carboxylic acids is 1. The number of hydrogen-bond donors (Lipinski definition) is 7. The molecule has 0 heterocycles. The van der Waals surface area contributed by atoms with E-state index in [0.29, 0.717) is 6.07 Å². The second kappa shape index (κ2) is 19.4. The van der Waals surface area contributed by atoms with Crippen LogP contribution in [0.15, 0.2) is 18.2 Å². The Labute approximate surface area is 277 Å². The first-order chi connectivity index (χ1) is 22.2. The summed E-state index contributed by atoms with van der Waals surface area (Å²) >= 11 is 0. The normalized spacial score (nSPS) is 13.4. The summed E-state index contributed by atoms with van der Waals surface area (Å²) in [5.41, 5.74) is 3.35. The number of urea groups is 1. The van der Waals surface area contributed by atoms with Crippen LogP contribution >= 0.6 is 0 Å². The maximum absolute atomic E-state index is 13.9. The van der Waals surface area contributed by atoms with Gasteiger partial charge in [0.2, 0.25) is 17.7 Å². The molecule has 0 saturated heterocycles. The second-order valence-corrected chi connectivity index (χ2v) is 12.2. The van der Waals surface area contributed by atoms with Gasteiger partial charge in [0.25, 0.3) is 0 Å². The molecule has 1 aromatic carbocycles. The predicted octanol–water partition coefficient (Wildman–Crippen LogP) is 2.65. The quantitative estimate of drug-likeness (QED) is 0.0838. The molecule has 1 aromatic rings. The van der Waals surface area contributed by atoms with Crippen molar-refractivity contribution < 1.29 is 51.8 Å². The monoisotopic (exact) mass is 688 g/mol. The Balaban J connectivity index is 3.26. The predicted molar refractivity (Wildman–Crippen MR) is 169 cm³/mol. The molecule has 8 N–H and O–H groups in total. The smallest absolute Gasteiger partial charge is 0.416 e. The zero-order chi connectivity index (χ0) is 36.8. The molecule has 0 aliphatic rings. The van der Waals surface area contributed by atoms with Crippen molar-refractivity contribution in [1.29, 1.82) is 0 Å². The summed E-state index contributed by atoms with van der Waals surface area (Å²) in [5, 5.41) is 21.9. The summed E-state index contributed by atoms with van der Waals surface area (Å²) in [5.74, 6) is -5.15. The molecule has 1 rings (SSSR count). The third-order valence-electron chi connectivity index (χ3n) is 6.87. The number of nitrogens with one attached hydrogen (secondary N) is 5. The van der Waals surface area contributed by atoms with Crippen molar-refractivity contribution in [2.45, 2.75) is 104 Å². The standard InChI is InChI=1S/C31H47F3N6O8/c1-16(2)25(40-27(44)23(37-18(5)6)11-12-24(41)42)28(45)39-22(8-7-13-36-30(35)47)26(43)38-20-10-9-19(15-48-29(46)17(3)4)21(14-20)31(32,33)34/h9-10,14,16-18,22-23,25,37H,7-8,11-13,15H2,1-6H3,(H,38,43)(H,39,45)(H,40,44)(H,41,42)(H3,35,36,47)/t22-,23-,25-/m0/s1. The fraction of sp³-hybridized carbons (Fsp3) is 0.613. The third kappa shape index (κ3) is 15.0. The summed E-state index contributed by atoms with van der Waals surface area (Å²) in [6, 6.07) is -1.53. The molecular formula is C31H47F3N6O8. The minimum atomic E-state index is -4.86. The van der Waals surface area contributed by atoms with E-state index in [2.05, 4.69) is 26.6 Å². The largest absolute Gasteiger partial charge is 0.481 e. The minimum absolute atomic E-state index is 0.0213. The molecule has 0 fully saturated rings. The molecule has 270 valence electrons. The van der Waals surface area contributed by atoms with Crippen LogP contribution in [0.3, 0.4) is 0 Å². The van der Waals surface area contributed by atoms with Gasteiger partial charge in [0, 0.05) is 30.3 Å². The fourth-order valence-electron chi connectivity index (χ4n) is 4.39. The van der Waals surface area contributed by atoms with E-state index < -0.39 is 84.0 Å². The summed E-state index contributed by atoms with van der Waals surface area (Å²) in [7, 11) is 0. The van der Waals surface area contributed by atoms with Crippen molar-refractivity contribution in [1.82, 2.24) is 21.3 Å². The third-order valence-corrected chi connectivity index (χ3v) is 6.87. The number of carbonyl (C=O) groups is 6. The van der Waals surface area contributed by atoms with Crippen LogP contribution in [0.4, 0.5) is 23.7 Å². The Morgan fingerprint density at radius 2 is 1.54 bits per heavy atom. The number of primary amides is 1. The molecule has 14 nitrogen and oxygen atoms in total. The number of rotatable bonds is 19. The van der Waals surface area contributed by atoms with Gasteiger partial charge in [-0.15, -0.1) is 0 Å². The van der Waals surface area contributed by atoms with Crippen molar-refractivity contribution in [3.63, 3.8) is 0 Å². The van der Waals surface area contributed by atoms with Crippen LogP contribution in [0.25, 0.3) is 0 Å². The molecule has 3 atom stereocenters. The average Bonchev–Trinajstić information content (AvgIpc) is 2.97. The lowest BCUT2D eigenvalue weighted by molar-refractivity contribution is -0.150. The highest BCUT2D eigenvalue weighted by molar-refractivity contribution is 5.98. The Morgan fingerprint density at radius 1 is 0.896 bits per heavy atom. The molecule has 0 aromatic heterocycles. The summed E-state index contributed by atoms with van der Waals surface area (Å²) in [6.07, 6.45) is -5.17. The zero-order valence-corrected chi connectivity index (χ0v) is 28.0. The van der Waals surface area contributed by atoms with Crippen LogP contribution in [-0.2, 0) is 41.5 Å². The number of carboxylic acid groups (broad SMARTS) is 1.